The molecule has 0 bridgehead atoms. The Kier molecular flexibility index (Phi) is 5.85. The Balaban J connectivity index is 1.42. The van der Waals surface area contributed by atoms with Crippen LogP contribution in [0.1, 0.15) is 36.6 Å². The summed E-state index contributed by atoms with van der Waals surface area (Å²) in [6.45, 7) is 1.13. The Morgan fingerprint density at radius 2 is 1.87 bits per heavy atom. The zero-order chi connectivity index (χ0) is 21.3. The molecule has 1 aromatic carbocycles. The van der Waals surface area contributed by atoms with Crippen molar-refractivity contribution in [1.82, 2.24) is 14.1 Å². The lowest BCUT2D eigenvalue weighted by Crippen LogP contribution is -2.40. The molecule has 0 radical (unpaired) electrons. The summed E-state index contributed by atoms with van der Waals surface area (Å²) in [4.78, 5) is 12.5. The van der Waals surface area contributed by atoms with Gasteiger partial charge in [0.1, 0.15) is 12.2 Å². The largest absolute Gasteiger partial charge is 0.379 e. The van der Waals surface area contributed by atoms with Gasteiger partial charge in [-0.2, -0.15) is 9.40 Å². The molecule has 0 unspecified atom stereocenters. The van der Waals surface area contributed by atoms with Crippen LogP contribution >= 0.6 is 0 Å². The van der Waals surface area contributed by atoms with E-state index in [1.807, 2.05) is 0 Å². The number of aromatic nitrogens is 2. The molecule has 8 nitrogen and oxygen atoms in total. The van der Waals surface area contributed by atoms with Crippen LogP contribution < -0.4 is 5.32 Å². The van der Waals surface area contributed by atoms with Crippen LogP contribution in [0.25, 0.3) is 0 Å². The summed E-state index contributed by atoms with van der Waals surface area (Å²) in [6, 6.07) is 7.22. The van der Waals surface area contributed by atoms with Crippen LogP contribution in [-0.2, 0) is 26.1 Å². The smallest absolute Gasteiger partial charge is 0.282 e. The maximum absolute atomic E-state index is 13.0. The number of nitrogens with zero attached hydrogens (tertiary/aromatic N) is 3. The number of anilines is 1. The minimum Gasteiger partial charge on any atom is -0.379 e. The zero-order valence-corrected chi connectivity index (χ0v) is 16.9. The third-order valence-corrected chi connectivity index (χ3v) is 7.00. The van der Waals surface area contributed by atoms with E-state index in [-0.39, 0.29) is 23.1 Å². The first-order chi connectivity index (χ1) is 14.3. The predicted octanol–water partition coefficient (Wildman–Crippen LogP) is 2.36. The molecule has 0 atom stereocenters. The highest BCUT2D eigenvalue weighted by atomic mass is 32.2. The minimum absolute atomic E-state index is 0.132. The maximum atomic E-state index is 13.0. The van der Waals surface area contributed by atoms with Crippen molar-refractivity contribution in [2.45, 2.75) is 36.6 Å². The average molecular weight is 440 g/mol. The summed E-state index contributed by atoms with van der Waals surface area (Å²) in [5.74, 6) is -0.257. The molecule has 2 fully saturated rings. The van der Waals surface area contributed by atoms with Crippen LogP contribution in [0.15, 0.2) is 35.2 Å². The highest BCUT2D eigenvalue weighted by molar-refractivity contribution is 7.89. The topological polar surface area (TPSA) is 93.5 Å². The third-order valence-electron chi connectivity index (χ3n) is 5.09. The van der Waals surface area contributed by atoms with E-state index in [9.17, 15) is 22.0 Å². The average Bonchev–Trinajstić information content (AvgIpc) is 3.49. The van der Waals surface area contributed by atoms with Crippen molar-refractivity contribution < 1.29 is 26.7 Å². The molecule has 2 heterocycles. The summed E-state index contributed by atoms with van der Waals surface area (Å²) in [7, 11) is -3.61. The van der Waals surface area contributed by atoms with E-state index in [2.05, 4.69) is 10.4 Å². The third kappa shape index (κ3) is 4.52. The molecule has 30 heavy (non-hydrogen) atoms. The first-order valence-electron chi connectivity index (χ1n) is 9.68. The van der Waals surface area contributed by atoms with Crippen molar-refractivity contribution >= 4 is 21.6 Å². The van der Waals surface area contributed by atoms with Crippen LogP contribution in [0.4, 0.5) is 14.5 Å². The molecule has 1 aromatic heterocycles. The first kappa shape index (κ1) is 20.9. The van der Waals surface area contributed by atoms with E-state index in [1.54, 1.807) is 0 Å². The molecule has 1 aliphatic heterocycles. The lowest BCUT2D eigenvalue weighted by Gasteiger charge is -2.26. The number of hydrogen-bond donors (Lipinski definition) is 1. The van der Waals surface area contributed by atoms with Crippen molar-refractivity contribution in [2.75, 3.05) is 31.6 Å². The van der Waals surface area contributed by atoms with E-state index in [1.165, 1.54) is 39.3 Å². The fraction of sp³-hybridized carbons (Fsp3) is 0.474. The lowest BCUT2D eigenvalue weighted by atomic mass is 10.2. The van der Waals surface area contributed by atoms with E-state index in [0.29, 0.717) is 37.7 Å². The van der Waals surface area contributed by atoms with Crippen molar-refractivity contribution in [3.63, 3.8) is 0 Å². The molecular formula is C19H22F2N4O4S. The van der Waals surface area contributed by atoms with Gasteiger partial charge in [-0.05, 0) is 43.2 Å². The molecule has 1 saturated carbocycles. The number of carbonyl (C=O) groups is 1. The van der Waals surface area contributed by atoms with E-state index >= 15 is 0 Å². The minimum atomic E-state index is -3.61. The summed E-state index contributed by atoms with van der Waals surface area (Å²) < 4.78 is 59.1. The number of alkyl halides is 2. The monoisotopic (exact) mass is 440 g/mol. The van der Waals surface area contributed by atoms with Gasteiger partial charge in [0, 0.05) is 30.4 Å². The summed E-state index contributed by atoms with van der Waals surface area (Å²) in [6.07, 6.45) is -0.891. The number of ether oxygens (including phenoxy) is 1. The number of carbonyl (C=O) groups excluding carboxylic acids is 1. The van der Waals surface area contributed by atoms with Gasteiger partial charge in [0.15, 0.2) is 0 Å². The first-order valence-corrected chi connectivity index (χ1v) is 11.1. The van der Waals surface area contributed by atoms with Crippen molar-refractivity contribution in [2.24, 2.45) is 0 Å². The van der Waals surface area contributed by atoms with Crippen LogP contribution in [-0.4, -0.2) is 54.7 Å². The molecule has 11 heteroatoms. The Morgan fingerprint density at radius 1 is 1.20 bits per heavy atom. The maximum Gasteiger partial charge on any atom is 0.282 e. The van der Waals surface area contributed by atoms with Crippen LogP contribution in [0.3, 0.4) is 0 Å². The molecule has 0 spiro atoms. The quantitative estimate of drug-likeness (QED) is 0.714. The molecule has 1 N–H and O–H groups in total. The normalized spacial score (nSPS) is 18.0. The van der Waals surface area contributed by atoms with Gasteiger partial charge in [-0.1, -0.05) is 0 Å². The molecule has 4 rings (SSSR count). The predicted molar refractivity (Wildman–Crippen MR) is 104 cm³/mol. The molecule has 2 aliphatic rings. The Labute approximate surface area is 172 Å². The Morgan fingerprint density at radius 3 is 2.47 bits per heavy atom. The molecule has 1 saturated heterocycles. The standard InChI is InChI=1S/C19H22F2N4O4S/c20-19(21)16-11-17(13-1-2-13)25(23-16)12-18(26)22-14-3-5-15(6-4-14)30(27,28)24-7-9-29-10-8-24/h3-6,11,13,19H,1-2,7-10,12H2,(H,22,26). The highest BCUT2D eigenvalue weighted by Crippen LogP contribution is 2.41. The van der Waals surface area contributed by atoms with Gasteiger partial charge in [0.25, 0.3) is 6.43 Å². The molecule has 162 valence electrons. The number of benzene rings is 1. The summed E-state index contributed by atoms with van der Waals surface area (Å²) in [5.41, 5.74) is 0.727. The second-order valence-electron chi connectivity index (χ2n) is 7.32. The Hall–Kier alpha value is -2.37. The van der Waals surface area contributed by atoms with Gasteiger partial charge in [-0.15, -0.1) is 0 Å². The number of sulfonamides is 1. The van der Waals surface area contributed by atoms with Gasteiger partial charge in [0.2, 0.25) is 15.9 Å². The Bertz CT molecular complexity index is 1010. The molecular weight excluding hydrogens is 418 g/mol. The molecule has 1 amide bonds. The summed E-state index contributed by atoms with van der Waals surface area (Å²) >= 11 is 0. The van der Waals surface area contributed by atoms with Gasteiger partial charge in [-0.3, -0.25) is 9.48 Å². The van der Waals surface area contributed by atoms with Crippen molar-refractivity contribution in [3.8, 4) is 0 Å². The number of amides is 1. The number of morpholine rings is 1. The zero-order valence-electron chi connectivity index (χ0n) is 16.1. The number of halogens is 2. The fourth-order valence-corrected chi connectivity index (χ4v) is 4.78. The van der Waals surface area contributed by atoms with Crippen LogP contribution in [0.5, 0.6) is 0 Å². The van der Waals surface area contributed by atoms with E-state index < -0.39 is 22.4 Å². The van der Waals surface area contributed by atoms with E-state index in [4.69, 9.17) is 4.74 Å². The second-order valence-corrected chi connectivity index (χ2v) is 9.25. The SMILES string of the molecule is O=C(Cn1nc(C(F)F)cc1C1CC1)Nc1ccc(S(=O)(=O)N2CCOCC2)cc1. The molecule has 1 aliphatic carbocycles. The van der Waals surface area contributed by atoms with E-state index in [0.717, 1.165) is 12.8 Å². The van der Waals surface area contributed by atoms with Gasteiger partial charge < -0.3 is 10.1 Å². The molecule has 2 aromatic rings. The van der Waals surface area contributed by atoms with Gasteiger partial charge >= 0.3 is 0 Å². The van der Waals surface area contributed by atoms with Crippen LogP contribution in [0, 0.1) is 0 Å². The number of rotatable bonds is 7. The lowest BCUT2D eigenvalue weighted by molar-refractivity contribution is -0.117. The summed E-state index contributed by atoms with van der Waals surface area (Å²) in [5, 5.41) is 6.52. The van der Waals surface area contributed by atoms with Crippen molar-refractivity contribution in [1.29, 1.82) is 0 Å². The fourth-order valence-electron chi connectivity index (χ4n) is 3.38. The van der Waals surface area contributed by atoms with Gasteiger partial charge in [0.05, 0.1) is 18.1 Å². The number of nitrogens with one attached hydrogen (secondary N) is 1. The second kappa shape index (κ2) is 8.40. The highest BCUT2D eigenvalue weighted by Gasteiger charge is 2.30. The van der Waals surface area contributed by atoms with Gasteiger partial charge in [-0.25, -0.2) is 17.2 Å². The van der Waals surface area contributed by atoms with Crippen LogP contribution in [0.2, 0.25) is 0 Å². The van der Waals surface area contributed by atoms with Crippen molar-refractivity contribution in [3.05, 3.63) is 41.7 Å². The number of hydrogen-bond acceptors (Lipinski definition) is 5.